The van der Waals surface area contributed by atoms with E-state index < -0.39 is 0 Å². The van der Waals surface area contributed by atoms with E-state index in [1.807, 2.05) is 14.3 Å². The zero-order valence-corrected chi connectivity index (χ0v) is 11.1. The Morgan fingerprint density at radius 3 is 3.05 bits per heavy atom. The molecule has 1 radical (unpaired) electrons. The molecule has 0 spiro atoms. The summed E-state index contributed by atoms with van der Waals surface area (Å²) in [5, 5.41) is 0. The second-order valence-electron chi connectivity index (χ2n) is 4.81. The quantitative estimate of drug-likeness (QED) is 0.589. The summed E-state index contributed by atoms with van der Waals surface area (Å²) in [6.45, 7) is 2.16. The summed E-state index contributed by atoms with van der Waals surface area (Å²) in [4.78, 5) is 22.5. The van der Waals surface area contributed by atoms with Crippen LogP contribution in [0.2, 0.25) is 0 Å². The molecule has 1 saturated carbocycles. The van der Waals surface area contributed by atoms with Crippen molar-refractivity contribution in [1.29, 1.82) is 0 Å². The van der Waals surface area contributed by atoms with Gasteiger partial charge < -0.3 is 9.64 Å². The van der Waals surface area contributed by atoms with Gasteiger partial charge in [0.2, 0.25) is 7.28 Å². The molecule has 1 fully saturated rings. The molecule has 1 aliphatic carbocycles. The zero-order valence-electron chi connectivity index (χ0n) is 11.1. The molecule has 2 aliphatic rings. The van der Waals surface area contributed by atoms with Crippen LogP contribution in [-0.2, 0) is 4.74 Å². The van der Waals surface area contributed by atoms with Crippen molar-refractivity contribution in [3.05, 3.63) is 17.8 Å². The smallest absolute Gasteiger partial charge is 0.339 e. The van der Waals surface area contributed by atoms with Gasteiger partial charge in [-0.3, -0.25) is 0 Å². The van der Waals surface area contributed by atoms with E-state index in [0.29, 0.717) is 24.0 Å². The molecular formula is C13H15BN3O2. The van der Waals surface area contributed by atoms with Gasteiger partial charge in [0.1, 0.15) is 5.82 Å². The van der Waals surface area contributed by atoms with Crippen LogP contribution in [0.3, 0.4) is 0 Å². The standard InChI is InChI=1S/C13H15BN3O2/c1-3-19-12(18)8-6-10-11(15-7-8)16-13(14-10)17(2)9-4-5-9/h6-7,9H,3-5H2,1-2H3. The molecule has 0 atom stereocenters. The highest BCUT2D eigenvalue weighted by Gasteiger charge is 2.31. The first-order valence-corrected chi connectivity index (χ1v) is 6.52. The van der Waals surface area contributed by atoms with Crippen molar-refractivity contribution in [3.63, 3.8) is 0 Å². The lowest BCUT2D eigenvalue weighted by Crippen LogP contribution is -2.35. The first-order chi connectivity index (χ1) is 9.19. The molecule has 0 saturated heterocycles. The number of ether oxygens (including phenoxy) is 1. The van der Waals surface area contributed by atoms with Gasteiger partial charge in [0.05, 0.1) is 17.9 Å². The molecule has 1 aliphatic heterocycles. The number of aliphatic imine (C=N–C) groups is 1. The first kappa shape index (κ1) is 12.2. The Labute approximate surface area is 112 Å². The van der Waals surface area contributed by atoms with Crippen LogP contribution in [0.1, 0.15) is 30.1 Å². The van der Waals surface area contributed by atoms with E-state index in [1.54, 1.807) is 13.0 Å². The third-order valence-electron chi connectivity index (χ3n) is 3.37. The molecule has 6 heteroatoms. The van der Waals surface area contributed by atoms with Crippen LogP contribution in [0.5, 0.6) is 0 Å². The predicted molar refractivity (Wildman–Crippen MR) is 73.5 cm³/mol. The number of fused-ring (bicyclic) bond motifs is 1. The third-order valence-corrected chi connectivity index (χ3v) is 3.37. The number of hydrogen-bond donors (Lipinski definition) is 0. The van der Waals surface area contributed by atoms with Gasteiger partial charge in [0, 0.05) is 19.3 Å². The van der Waals surface area contributed by atoms with E-state index in [0.717, 1.165) is 11.2 Å². The van der Waals surface area contributed by atoms with Crippen LogP contribution in [0.4, 0.5) is 5.82 Å². The number of carbonyl (C=O) groups is 1. The molecule has 0 aromatic carbocycles. The number of rotatable bonds is 3. The molecule has 0 bridgehead atoms. The van der Waals surface area contributed by atoms with Crippen molar-refractivity contribution < 1.29 is 9.53 Å². The molecule has 19 heavy (non-hydrogen) atoms. The second-order valence-corrected chi connectivity index (χ2v) is 4.81. The number of carbonyl (C=O) groups excluding carboxylic acids is 1. The molecule has 0 N–H and O–H groups in total. The van der Waals surface area contributed by atoms with Gasteiger partial charge in [0.15, 0.2) is 0 Å². The van der Waals surface area contributed by atoms with Gasteiger partial charge in [-0.15, -0.1) is 0 Å². The summed E-state index contributed by atoms with van der Waals surface area (Å²) in [5.41, 5.74) is 2.28. The average Bonchev–Trinajstić information content (AvgIpc) is 3.16. The lowest BCUT2D eigenvalue weighted by Gasteiger charge is -2.17. The van der Waals surface area contributed by atoms with Crippen LogP contribution < -0.4 is 5.46 Å². The maximum atomic E-state index is 11.7. The number of hydrogen-bond acceptors (Lipinski definition) is 5. The van der Waals surface area contributed by atoms with E-state index in [2.05, 4.69) is 14.9 Å². The lowest BCUT2D eigenvalue weighted by molar-refractivity contribution is 0.0526. The predicted octanol–water partition coefficient (Wildman–Crippen LogP) is 0.683. The van der Waals surface area contributed by atoms with Gasteiger partial charge >= 0.3 is 5.97 Å². The molecule has 97 valence electrons. The fraction of sp³-hybridized carbons (Fsp3) is 0.462. The zero-order chi connectivity index (χ0) is 13.4. The van der Waals surface area contributed by atoms with Gasteiger partial charge in [-0.1, -0.05) is 0 Å². The highest BCUT2D eigenvalue weighted by Crippen LogP contribution is 2.27. The average molecular weight is 256 g/mol. The van der Waals surface area contributed by atoms with Crippen molar-refractivity contribution in [2.45, 2.75) is 25.8 Å². The Bertz CT molecular complexity index is 555. The summed E-state index contributed by atoms with van der Waals surface area (Å²) in [7, 11) is 4.02. The van der Waals surface area contributed by atoms with Gasteiger partial charge in [-0.25, -0.2) is 14.8 Å². The summed E-state index contributed by atoms with van der Waals surface area (Å²) in [6, 6.07) is 2.39. The SMILES string of the molecule is CCOC(=O)c1cnc2c(c1)[B]C(N(C)C1CC1)=N2. The fourth-order valence-electron chi connectivity index (χ4n) is 2.11. The Hall–Kier alpha value is -1.85. The maximum absolute atomic E-state index is 11.7. The van der Waals surface area contributed by atoms with Crippen molar-refractivity contribution >= 4 is 30.3 Å². The van der Waals surface area contributed by atoms with Crippen LogP contribution in [-0.4, -0.2) is 48.6 Å². The van der Waals surface area contributed by atoms with Crippen molar-refractivity contribution in [2.24, 2.45) is 4.99 Å². The summed E-state index contributed by atoms with van der Waals surface area (Å²) in [6.07, 6.45) is 3.97. The van der Waals surface area contributed by atoms with E-state index in [1.165, 1.54) is 19.0 Å². The van der Waals surface area contributed by atoms with Crippen molar-refractivity contribution in [2.75, 3.05) is 13.7 Å². The minimum absolute atomic E-state index is 0.338. The fourth-order valence-corrected chi connectivity index (χ4v) is 2.11. The number of nitrogens with zero attached hydrogens (tertiary/aromatic N) is 3. The Morgan fingerprint density at radius 2 is 2.37 bits per heavy atom. The summed E-state index contributed by atoms with van der Waals surface area (Å²) in [5.74, 6) is 0.339. The number of pyridine rings is 1. The molecule has 1 aromatic rings. The molecule has 3 rings (SSSR count). The molecular weight excluding hydrogens is 241 g/mol. The molecule has 1 aromatic heterocycles. The summed E-state index contributed by atoms with van der Waals surface area (Å²) < 4.78 is 4.97. The minimum atomic E-state index is -0.338. The van der Waals surface area contributed by atoms with Crippen molar-refractivity contribution in [3.8, 4) is 0 Å². The molecule has 2 heterocycles. The molecule has 5 nitrogen and oxygen atoms in total. The first-order valence-electron chi connectivity index (χ1n) is 6.52. The van der Waals surface area contributed by atoms with E-state index in [4.69, 9.17) is 4.74 Å². The minimum Gasteiger partial charge on any atom is -0.462 e. The Balaban J connectivity index is 1.78. The van der Waals surface area contributed by atoms with E-state index in [-0.39, 0.29) is 5.97 Å². The highest BCUT2D eigenvalue weighted by molar-refractivity contribution is 6.87. The topological polar surface area (TPSA) is 54.8 Å². The third kappa shape index (κ3) is 2.34. The number of esters is 1. The van der Waals surface area contributed by atoms with Crippen LogP contribution in [0.15, 0.2) is 17.3 Å². The van der Waals surface area contributed by atoms with Crippen LogP contribution in [0, 0.1) is 0 Å². The largest absolute Gasteiger partial charge is 0.462 e. The van der Waals surface area contributed by atoms with Gasteiger partial charge in [0.25, 0.3) is 0 Å². The van der Waals surface area contributed by atoms with E-state index >= 15 is 0 Å². The normalized spacial score (nSPS) is 16.4. The van der Waals surface area contributed by atoms with Crippen LogP contribution >= 0.6 is 0 Å². The Kier molecular flexibility index (Phi) is 3.01. The summed E-state index contributed by atoms with van der Waals surface area (Å²) >= 11 is 0. The second kappa shape index (κ2) is 4.68. The van der Waals surface area contributed by atoms with Crippen LogP contribution in [0.25, 0.3) is 0 Å². The monoisotopic (exact) mass is 256 g/mol. The highest BCUT2D eigenvalue weighted by atomic mass is 16.5. The maximum Gasteiger partial charge on any atom is 0.339 e. The number of amidine groups is 1. The molecule has 0 unspecified atom stereocenters. The van der Waals surface area contributed by atoms with E-state index in [9.17, 15) is 4.79 Å². The molecule has 0 amide bonds. The number of aromatic nitrogens is 1. The van der Waals surface area contributed by atoms with Gasteiger partial charge in [-0.05, 0) is 31.3 Å². The lowest BCUT2D eigenvalue weighted by atomic mass is 9.70. The van der Waals surface area contributed by atoms with Crippen molar-refractivity contribution in [1.82, 2.24) is 9.88 Å². The Morgan fingerprint density at radius 1 is 1.58 bits per heavy atom. The van der Waals surface area contributed by atoms with Gasteiger partial charge in [-0.2, -0.15) is 0 Å².